The first-order valence-electron chi connectivity index (χ1n) is 8.14. The normalized spacial score (nSPS) is 15.7. The molecule has 0 amide bonds. The van der Waals surface area contributed by atoms with E-state index in [2.05, 4.69) is 15.1 Å². The molecule has 2 aromatic rings. The van der Waals surface area contributed by atoms with Crippen molar-refractivity contribution < 1.29 is 9.15 Å². The molecule has 3 rings (SSSR count). The molecule has 1 aromatic carbocycles. The summed E-state index contributed by atoms with van der Waals surface area (Å²) in [6.07, 6.45) is 4.69. The number of hydrogen-bond donors (Lipinski definition) is 0. The van der Waals surface area contributed by atoms with Gasteiger partial charge in [-0.3, -0.25) is 0 Å². The van der Waals surface area contributed by atoms with Crippen molar-refractivity contribution in [2.45, 2.75) is 30.9 Å². The van der Waals surface area contributed by atoms with E-state index < -0.39 is 0 Å². The Morgan fingerprint density at radius 3 is 2.65 bits per heavy atom. The van der Waals surface area contributed by atoms with Crippen molar-refractivity contribution in [3.8, 4) is 5.75 Å². The van der Waals surface area contributed by atoms with Crippen LogP contribution in [0.2, 0.25) is 0 Å². The van der Waals surface area contributed by atoms with Gasteiger partial charge < -0.3 is 14.1 Å². The number of benzene rings is 1. The highest BCUT2D eigenvalue weighted by Gasteiger charge is 2.11. The van der Waals surface area contributed by atoms with Crippen molar-refractivity contribution in [2.24, 2.45) is 0 Å². The Kier molecular flexibility index (Phi) is 5.93. The van der Waals surface area contributed by atoms with E-state index in [-0.39, 0.29) is 0 Å². The summed E-state index contributed by atoms with van der Waals surface area (Å²) in [5.41, 5.74) is 1.14. The molecule has 1 fully saturated rings. The van der Waals surface area contributed by atoms with Crippen LogP contribution in [-0.2, 0) is 6.42 Å². The van der Waals surface area contributed by atoms with Gasteiger partial charge in [0.05, 0.1) is 13.5 Å². The Morgan fingerprint density at radius 2 is 1.91 bits per heavy atom. The fraction of sp³-hybridized carbons (Fsp3) is 0.529. The molecule has 1 aliphatic rings. The molecule has 0 spiro atoms. The van der Waals surface area contributed by atoms with E-state index in [9.17, 15) is 0 Å². The number of aromatic nitrogens is 2. The van der Waals surface area contributed by atoms with E-state index in [0.29, 0.717) is 17.5 Å². The minimum atomic E-state index is 0.656. The quantitative estimate of drug-likeness (QED) is 0.725. The van der Waals surface area contributed by atoms with Gasteiger partial charge >= 0.3 is 0 Å². The molecule has 0 radical (unpaired) electrons. The molecule has 1 aromatic heterocycles. The molecule has 1 aliphatic heterocycles. The van der Waals surface area contributed by atoms with Crippen molar-refractivity contribution in [2.75, 3.05) is 32.5 Å². The van der Waals surface area contributed by atoms with Gasteiger partial charge in [-0.1, -0.05) is 30.3 Å². The Hall–Kier alpha value is -1.53. The molecule has 1 saturated heterocycles. The van der Waals surface area contributed by atoms with Gasteiger partial charge in [-0.05, 0) is 43.6 Å². The topological polar surface area (TPSA) is 51.4 Å². The van der Waals surface area contributed by atoms with E-state index in [0.717, 1.165) is 23.6 Å². The van der Waals surface area contributed by atoms with Crippen LogP contribution in [0.3, 0.4) is 0 Å². The van der Waals surface area contributed by atoms with E-state index in [4.69, 9.17) is 9.15 Å². The van der Waals surface area contributed by atoms with Crippen LogP contribution in [0.5, 0.6) is 5.75 Å². The van der Waals surface area contributed by atoms with Gasteiger partial charge in [0.1, 0.15) is 5.75 Å². The van der Waals surface area contributed by atoms with Crippen LogP contribution in [0.1, 0.15) is 30.7 Å². The number of piperidine rings is 1. The van der Waals surface area contributed by atoms with E-state index >= 15 is 0 Å². The molecular formula is C17H23N3O2S. The summed E-state index contributed by atoms with van der Waals surface area (Å²) in [6, 6.07) is 7.93. The highest BCUT2D eigenvalue weighted by Crippen LogP contribution is 2.19. The summed E-state index contributed by atoms with van der Waals surface area (Å²) in [6.45, 7) is 3.56. The van der Waals surface area contributed by atoms with Crippen LogP contribution in [0.4, 0.5) is 0 Å². The molecule has 2 heterocycles. The molecule has 0 N–H and O–H groups in total. The Bertz CT molecular complexity index is 594. The lowest BCUT2D eigenvalue weighted by molar-refractivity contribution is 0.242. The minimum absolute atomic E-state index is 0.656. The molecule has 0 aliphatic carbocycles. The number of hydrogen-bond acceptors (Lipinski definition) is 6. The summed E-state index contributed by atoms with van der Waals surface area (Å²) in [7, 11) is 1.67. The van der Waals surface area contributed by atoms with E-state index in [1.807, 2.05) is 24.3 Å². The number of nitrogens with zero attached hydrogens (tertiary/aromatic N) is 3. The summed E-state index contributed by atoms with van der Waals surface area (Å²) in [5, 5.41) is 8.94. The molecule has 0 bridgehead atoms. The number of thioether (sulfide) groups is 1. The van der Waals surface area contributed by atoms with Crippen LogP contribution >= 0.6 is 11.8 Å². The lowest BCUT2D eigenvalue weighted by atomic mass is 10.1. The van der Waals surface area contributed by atoms with Crippen molar-refractivity contribution >= 4 is 11.8 Å². The fourth-order valence-corrected chi connectivity index (χ4v) is 3.51. The second kappa shape index (κ2) is 8.36. The lowest BCUT2D eigenvalue weighted by Crippen LogP contribution is -2.31. The molecule has 124 valence electrons. The minimum Gasteiger partial charge on any atom is -0.497 e. The highest BCUT2D eigenvalue weighted by atomic mass is 32.2. The maximum absolute atomic E-state index is 5.72. The number of methoxy groups -OCH3 is 1. The van der Waals surface area contributed by atoms with Gasteiger partial charge in [0.2, 0.25) is 5.89 Å². The fourth-order valence-electron chi connectivity index (χ4n) is 2.73. The molecular weight excluding hydrogens is 310 g/mol. The largest absolute Gasteiger partial charge is 0.497 e. The van der Waals surface area contributed by atoms with Crippen molar-refractivity contribution in [1.29, 1.82) is 0 Å². The van der Waals surface area contributed by atoms with Gasteiger partial charge in [0.15, 0.2) is 0 Å². The summed E-state index contributed by atoms with van der Waals surface area (Å²) in [5.74, 6) is 2.52. The molecule has 6 heteroatoms. The Balaban J connectivity index is 1.45. The first-order valence-corrected chi connectivity index (χ1v) is 9.12. The third-order valence-corrected chi connectivity index (χ3v) is 4.84. The SMILES string of the molecule is COc1ccc(Cc2nnc(SCCN3CCCCC3)o2)cc1. The zero-order valence-corrected chi connectivity index (χ0v) is 14.3. The standard InChI is InChI=1S/C17H23N3O2S/c1-21-15-7-5-14(6-8-15)13-16-18-19-17(22-16)23-12-11-20-9-3-2-4-10-20/h5-8H,2-4,9-13H2,1H3. The van der Waals surface area contributed by atoms with E-state index in [1.165, 1.54) is 32.4 Å². The van der Waals surface area contributed by atoms with Gasteiger partial charge in [-0.15, -0.1) is 10.2 Å². The second-order valence-electron chi connectivity index (χ2n) is 5.74. The van der Waals surface area contributed by atoms with Crippen molar-refractivity contribution in [1.82, 2.24) is 15.1 Å². The predicted octanol–water partition coefficient (Wildman–Crippen LogP) is 3.25. The predicted molar refractivity (Wildman–Crippen MR) is 91.1 cm³/mol. The van der Waals surface area contributed by atoms with Crippen LogP contribution in [0.15, 0.2) is 33.9 Å². The van der Waals surface area contributed by atoms with Gasteiger partial charge in [0.25, 0.3) is 5.22 Å². The van der Waals surface area contributed by atoms with Gasteiger partial charge in [0, 0.05) is 12.3 Å². The zero-order valence-electron chi connectivity index (χ0n) is 13.5. The number of ether oxygens (including phenoxy) is 1. The first kappa shape index (κ1) is 16.3. The average molecular weight is 333 g/mol. The van der Waals surface area contributed by atoms with E-state index in [1.54, 1.807) is 18.9 Å². The molecule has 0 saturated carbocycles. The lowest BCUT2D eigenvalue weighted by Gasteiger charge is -2.25. The zero-order chi connectivity index (χ0) is 15.9. The second-order valence-corrected chi connectivity index (χ2v) is 6.78. The smallest absolute Gasteiger partial charge is 0.276 e. The maximum Gasteiger partial charge on any atom is 0.276 e. The average Bonchev–Trinajstić information content (AvgIpc) is 3.04. The third kappa shape index (κ3) is 4.97. The van der Waals surface area contributed by atoms with Crippen molar-refractivity contribution in [3.63, 3.8) is 0 Å². The maximum atomic E-state index is 5.72. The van der Waals surface area contributed by atoms with Crippen molar-refractivity contribution in [3.05, 3.63) is 35.7 Å². The third-order valence-electron chi connectivity index (χ3n) is 4.04. The summed E-state index contributed by atoms with van der Waals surface area (Å²) in [4.78, 5) is 2.52. The number of rotatable bonds is 7. The Morgan fingerprint density at radius 1 is 1.13 bits per heavy atom. The highest BCUT2D eigenvalue weighted by molar-refractivity contribution is 7.99. The van der Waals surface area contributed by atoms with Crippen LogP contribution in [-0.4, -0.2) is 47.6 Å². The summed E-state index contributed by atoms with van der Waals surface area (Å²) >= 11 is 1.65. The molecule has 0 atom stereocenters. The van der Waals surface area contributed by atoms with Crippen LogP contribution < -0.4 is 4.74 Å². The Labute approximate surface area is 141 Å². The monoisotopic (exact) mass is 333 g/mol. The molecule has 23 heavy (non-hydrogen) atoms. The molecule has 0 unspecified atom stereocenters. The van der Waals surface area contributed by atoms with Gasteiger partial charge in [-0.25, -0.2) is 0 Å². The first-order chi connectivity index (χ1) is 11.3. The summed E-state index contributed by atoms with van der Waals surface area (Å²) < 4.78 is 10.9. The number of likely N-dealkylation sites (tertiary alicyclic amines) is 1. The van der Waals surface area contributed by atoms with Crippen LogP contribution in [0, 0.1) is 0 Å². The van der Waals surface area contributed by atoms with Crippen LogP contribution in [0.25, 0.3) is 0 Å². The van der Waals surface area contributed by atoms with Gasteiger partial charge in [-0.2, -0.15) is 0 Å². The molecule has 5 nitrogen and oxygen atoms in total.